The number of aromatic hydroxyl groups is 1. The Bertz CT molecular complexity index is 1010. The number of phenols is 1. The number of amides is 2. The van der Waals surface area contributed by atoms with E-state index in [1.54, 1.807) is 30.3 Å². The summed E-state index contributed by atoms with van der Waals surface area (Å²) in [4.78, 5) is 23.8. The summed E-state index contributed by atoms with van der Waals surface area (Å²) >= 11 is 0. The lowest BCUT2D eigenvalue weighted by atomic mass is 10.0. The van der Waals surface area contributed by atoms with Crippen LogP contribution < -0.4 is 10.7 Å². The third-order valence-electron chi connectivity index (χ3n) is 3.79. The number of aryl methyl sites for hydroxylation is 1. The fourth-order valence-electron chi connectivity index (χ4n) is 2.54. The van der Waals surface area contributed by atoms with Crippen LogP contribution >= 0.6 is 0 Å². The highest BCUT2D eigenvalue weighted by molar-refractivity contribution is 6.39. The summed E-state index contributed by atoms with van der Waals surface area (Å²) in [5.41, 5.74) is 4.12. The van der Waals surface area contributed by atoms with Crippen molar-refractivity contribution >= 4 is 34.5 Å². The van der Waals surface area contributed by atoms with Crippen LogP contribution in [0.4, 0.5) is 5.69 Å². The monoisotopic (exact) mass is 347 g/mol. The molecule has 6 heteroatoms. The van der Waals surface area contributed by atoms with Gasteiger partial charge in [-0.1, -0.05) is 42.5 Å². The predicted molar refractivity (Wildman–Crippen MR) is 101 cm³/mol. The van der Waals surface area contributed by atoms with E-state index in [0.717, 1.165) is 16.3 Å². The molecule has 2 amide bonds. The molecule has 0 aromatic heterocycles. The van der Waals surface area contributed by atoms with Gasteiger partial charge in [0.25, 0.3) is 0 Å². The van der Waals surface area contributed by atoms with Gasteiger partial charge in [-0.2, -0.15) is 5.10 Å². The molecule has 3 rings (SSSR count). The quantitative estimate of drug-likeness (QED) is 0.386. The molecule has 0 saturated heterocycles. The second-order valence-electron chi connectivity index (χ2n) is 5.74. The summed E-state index contributed by atoms with van der Waals surface area (Å²) in [5, 5.41) is 18.0. The molecule has 3 N–H and O–H groups in total. The van der Waals surface area contributed by atoms with Crippen molar-refractivity contribution < 1.29 is 14.7 Å². The van der Waals surface area contributed by atoms with E-state index < -0.39 is 11.8 Å². The lowest BCUT2D eigenvalue weighted by molar-refractivity contribution is -0.136. The highest BCUT2D eigenvalue weighted by Gasteiger charge is 2.13. The standard InChI is InChI=1S/C20H17N3O3/c1-13-5-4-7-15(11-13)22-19(25)20(26)23-21-12-17-16-8-3-2-6-14(16)9-10-18(17)24/h2-12,24H,1H3,(H,22,25)(H,23,26)/b21-12+. The minimum Gasteiger partial charge on any atom is -0.507 e. The van der Waals surface area contributed by atoms with Crippen LogP contribution in [-0.4, -0.2) is 23.1 Å². The first-order valence-electron chi connectivity index (χ1n) is 7.96. The molecule has 26 heavy (non-hydrogen) atoms. The first-order chi connectivity index (χ1) is 12.5. The number of phenolic OH excluding ortho intramolecular Hbond substituents is 1. The van der Waals surface area contributed by atoms with Gasteiger partial charge in [0.05, 0.1) is 6.21 Å². The van der Waals surface area contributed by atoms with E-state index in [4.69, 9.17) is 0 Å². The van der Waals surface area contributed by atoms with Crippen LogP contribution in [0.5, 0.6) is 5.75 Å². The molecule has 0 radical (unpaired) electrons. The lowest BCUT2D eigenvalue weighted by Crippen LogP contribution is -2.32. The van der Waals surface area contributed by atoms with Gasteiger partial charge in [0.1, 0.15) is 5.75 Å². The number of hydrogen-bond acceptors (Lipinski definition) is 4. The molecule has 0 aliphatic rings. The maximum Gasteiger partial charge on any atom is 0.329 e. The first kappa shape index (κ1) is 17.2. The third-order valence-corrected chi connectivity index (χ3v) is 3.79. The van der Waals surface area contributed by atoms with E-state index >= 15 is 0 Å². The second-order valence-corrected chi connectivity index (χ2v) is 5.74. The Kier molecular flexibility index (Phi) is 4.94. The number of fused-ring (bicyclic) bond motifs is 1. The summed E-state index contributed by atoms with van der Waals surface area (Å²) in [6.07, 6.45) is 1.31. The number of hydrogen-bond donors (Lipinski definition) is 3. The molecule has 0 heterocycles. The van der Waals surface area contributed by atoms with Gasteiger partial charge in [0, 0.05) is 11.3 Å². The van der Waals surface area contributed by atoms with Crippen molar-refractivity contribution in [1.82, 2.24) is 5.43 Å². The molecule has 0 spiro atoms. The molecule has 6 nitrogen and oxygen atoms in total. The Balaban J connectivity index is 1.69. The number of carbonyl (C=O) groups excluding carboxylic acids is 2. The Labute approximate surface area is 150 Å². The molecular formula is C20H17N3O3. The number of carbonyl (C=O) groups is 2. The highest BCUT2D eigenvalue weighted by Crippen LogP contribution is 2.25. The van der Waals surface area contributed by atoms with E-state index in [1.165, 1.54) is 6.21 Å². The molecule has 0 fully saturated rings. The fraction of sp³-hybridized carbons (Fsp3) is 0.0500. The van der Waals surface area contributed by atoms with E-state index in [2.05, 4.69) is 15.8 Å². The molecule has 0 unspecified atom stereocenters. The van der Waals surface area contributed by atoms with Crippen LogP contribution in [0.15, 0.2) is 65.8 Å². The summed E-state index contributed by atoms with van der Waals surface area (Å²) < 4.78 is 0. The minimum absolute atomic E-state index is 0.0333. The second kappa shape index (κ2) is 7.48. The fourth-order valence-corrected chi connectivity index (χ4v) is 2.54. The number of hydrazone groups is 1. The van der Waals surface area contributed by atoms with E-state index in [9.17, 15) is 14.7 Å². The Morgan fingerprint density at radius 3 is 2.62 bits per heavy atom. The molecule has 0 atom stereocenters. The van der Waals surface area contributed by atoms with Crippen molar-refractivity contribution in [3.63, 3.8) is 0 Å². The first-order valence-corrected chi connectivity index (χ1v) is 7.96. The van der Waals surface area contributed by atoms with Crippen LogP contribution in [0, 0.1) is 6.92 Å². The van der Waals surface area contributed by atoms with Gasteiger partial charge in [0.15, 0.2) is 0 Å². The topological polar surface area (TPSA) is 90.8 Å². The summed E-state index contributed by atoms with van der Waals surface area (Å²) in [6.45, 7) is 1.89. The molecule has 3 aromatic carbocycles. The predicted octanol–water partition coefficient (Wildman–Crippen LogP) is 2.94. The molecule has 0 aliphatic heterocycles. The Morgan fingerprint density at radius 2 is 1.81 bits per heavy atom. The van der Waals surface area contributed by atoms with Gasteiger partial charge in [-0.25, -0.2) is 5.43 Å². The van der Waals surface area contributed by atoms with Gasteiger partial charge in [-0.3, -0.25) is 9.59 Å². The summed E-state index contributed by atoms with van der Waals surface area (Å²) in [5.74, 6) is -1.69. The van der Waals surface area contributed by atoms with Crippen molar-refractivity contribution in [3.05, 3.63) is 71.8 Å². The van der Waals surface area contributed by atoms with Crippen molar-refractivity contribution in [1.29, 1.82) is 0 Å². The summed E-state index contributed by atoms with van der Waals surface area (Å²) in [7, 11) is 0. The lowest BCUT2D eigenvalue weighted by Gasteiger charge is -2.06. The smallest absolute Gasteiger partial charge is 0.329 e. The van der Waals surface area contributed by atoms with Crippen LogP contribution in [-0.2, 0) is 9.59 Å². The molecule has 0 bridgehead atoms. The number of nitrogens with one attached hydrogen (secondary N) is 2. The number of rotatable bonds is 3. The van der Waals surface area contributed by atoms with Gasteiger partial charge in [-0.05, 0) is 41.5 Å². The number of anilines is 1. The van der Waals surface area contributed by atoms with Gasteiger partial charge < -0.3 is 10.4 Å². The normalized spacial score (nSPS) is 10.8. The maximum atomic E-state index is 11.9. The SMILES string of the molecule is Cc1cccc(NC(=O)C(=O)N/N=C/c2c(O)ccc3ccccc23)c1. The molecule has 130 valence electrons. The molecule has 0 aliphatic carbocycles. The van der Waals surface area contributed by atoms with Gasteiger partial charge in [-0.15, -0.1) is 0 Å². The highest BCUT2D eigenvalue weighted by atomic mass is 16.3. The average molecular weight is 347 g/mol. The van der Waals surface area contributed by atoms with Crippen LogP contribution in [0.3, 0.4) is 0 Å². The van der Waals surface area contributed by atoms with Crippen LogP contribution in [0.1, 0.15) is 11.1 Å². The number of nitrogens with zero attached hydrogens (tertiary/aromatic N) is 1. The van der Waals surface area contributed by atoms with Gasteiger partial charge in [0.2, 0.25) is 0 Å². The maximum absolute atomic E-state index is 11.9. The van der Waals surface area contributed by atoms with Crippen LogP contribution in [0.25, 0.3) is 10.8 Å². The zero-order valence-electron chi connectivity index (χ0n) is 14.1. The summed E-state index contributed by atoms with van der Waals surface area (Å²) in [6, 6.07) is 17.9. The largest absolute Gasteiger partial charge is 0.507 e. The number of benzene rings is 3. The van der Waals surface area contributed by atoms with Crippen molar-refractivity contribution in [3.8, 4) is 5.75 Å². The van der Waals surface area contributed by atoms with E-state index in [-0.39, 0.29) is 5.75 Å². The van der Waals surface area contributed by atoms with Crippen molar-refractivity contribution in [2.24, 2.45) is 5.10 Å². The molecular weight excluding hydrogens is 330 g/mol. The van der Waals surface area contributed by atoms with Crippen molar-refractivity contribution in [2.45, 2.75) is 6.92 Å². The van der Waals surface area contributed by atoms with Gasteiger partial charge >= 0.3 is 11.8 Å². The zero-order chi connectivity index (χ0) is 18.5. The minimum atomic E-state index is -0.900. The van der Waals surface area contributed by atoms with Crippen molar-refractivity contribution in [2.75, 3.05) is 5.32 Å². The molecule has 3 aromatic rings. The Hall–Kier alpha value is -3.67. The van der Waals surface area contributed by atoms with E-state index in [0.29, 0.717) is 11.3 Å². The zero-order valence-corrected chi connectivity index (χ0v) is 14.1. The van der Waals surface area contributed by atoms with E-state index in [1.807, 2.05) is 37.3 Å². The average Bonchev–Trinajstić information content (AvgIpc) is 2.63. The third kappa shape index (κ3) is 3.87. The molecule has 0 saturated carbocycles. The van der Waals surface area contributed by atoms with Crippen LogP contribution in [0.2, 0.25) is 0 Å². The Morgan fingerprint density at radius 1 is 1.00 bits per heavy atom.